The molecule has 8 nitrogen and oxygen atoms in total. The van der Waals surface area contributed by atoms with Crippen molar-refractivity contribution >= 4 is 5.91 Å². The summed E-state index contributed by atoms with van der Waals surface area (Å²) in [6.45, 7) is 1.43. The lowest BCUT2D eigenvalue weighted by Gasteiger charge is -2.21. The molecule has 0 aliphatic carbocycles. The maximum Gasteiger partial charge on any atom is 0.257 e. The van der Waals surface area contributed by atoms with Crippen LogP contribution in [0.15, 0.2) is 72.9 Å². The van der Waals surface area contributed by atoms with E-state index in [0.29, 0.717) is 53.8 Å². The van der Waals surface area contributed by atoms with Crippen LogP contribution in [0.3, 0.4) is 0 Å². The standard InChI is InChI=1S/C28H27N3O5/c1-30(17-19-9-11-25-26(15-19)36-14-13-35-25)28(32)23-18-31(20-7-5-4-6-8-20)29-27(23)22-16-21(33-2)10-12-24(22)34-3/h4-12,15-16,18H,13-14,17H2,1-3H3. The summed E-state index contributed by atoms with van der Waals surface area (Å²) in [6, 6.07) is 20.8. The number of rotatable bonds is 7. The fourth-order valence-corrected chi connectivity index (χ4v) is 4.18. The maximum atomic E-state index is 13.8. The predicted octanol–water partition coefficient (Wildman–Crippen LogP) is 4.60. The third kappa shape index (κ3) is 4.57. The minimum atomic E-state index is -0.174. The number of carbonyl (C=O) groups excluding carboxylic acids is 1. The van der Waals surface area contributed by atoms with E-state index in [9.17, 15) is 4.79 Å². The molecule has 0 saturated heterocycles. The molecule has 184 valence electrons. The normalized spacial score (nSPS) is 12.2. The fraction of sp³-hybridized carbons (Fsp3) is 0.214. The summed E-state index contributed by atoms with van der Waals surface area (Å²) >= 11 is 0. The van der Waals surface area contributed by atoms with Crippen molar-refractivity contribution < 1.29 is 23.7 Å². The highest BCUT2D eigenvalue weighted by Gasteiger charge is 2.25. The van der Waals surface area contributed by atoms with E-state index in [1.807, 2.05) is 66.7 Å². The van der Waals surface area contributed by atoms with Gasteiger partial charge in [0.15, 0.2) is 11.5 Å². The van der Waals surface area contributed by atoms with Gasteiger partial charge in [-0.15, -0.1) is 0 Å². The summed E-state index contributed by atoms with van der Waals surface area (Å²) in [5, 5.41) is 4.80. The molecular weight excluding hydrogens is 458 g/mol. The molecule has 0 saturated carbocycles. The molecule has 5 rings (SSSR count). The van der Waals surface area contributed by atoms with Gasteiger partial charge in [0.05, 0.1) is 25.5 Å². The molecular formula is C28H27N3O5. The number of methoxy groups -OCH3 is 2. The van der Waals surface area contributed by atoms with E-state index in [-0.39, 0.29) is 5.91 Å². The highest BCUT2D eigenvalue weighted by atomic mass is 16.6. The molecule has 1 aliphatic heterocycles. The van der Waals surface area contributed by atoms with Crippen LogP contribution in [0, 0.1) is 0 Å². The third-order valence-corrected chi connectivity index (χ3v) is 6.00. The van der Waals surface area contributed by atoms with Gasteiger partial charge in [-0.2, -0.15) is 5.10 Å². The summed E-state index contributed by atoms with van der Waals surface area (Å²) in [4.78, 5) is 15.4. The Bertz CT molecular complexity index is 1380. The van der Waals surface area contributed by atoms with Gasteiger partial charge in [0, 0.05) is 25.4 Å². The van der Waals surface area contributed by atoms with E-state index in [4.69, 9.17) is 24.0 Å². The maximum absolute atomic E-state index is 13.8. The second-order valence-electron chi connectivity index (χ2n) is 8.38. The molecule has 0 fully saturated rings. The van der Waals surface area contributed by atoms with Gasteiger partial charge in [0.25, 0.3) is 5.91 Å². The van der Waals surface area contributed by atoms with Gasteiger partial charge in [-0.1, -0.05) is 24.3 Å². The summed E-state index contributed by atoms with van der Waals surface area (Å²) in [6.07, 6.45) is 1.76. The number of carbonyl (C=O) groups is 1. The smallest absolute Gasteiger partial charge is 0.257 e. The van der Waals surface area contributed by atoms with Crippen molar-refractivity contribution in [3.8, 4) is 39.9 Å². The Kier molecular flexibility index (Phi) is 6.49. The molecule has 0 atom stereocenters. The molecule has 1 amide bonds. The van der Waals surface area contributed by atoms with Gasteiger partial charge < -0.3 is 23.8 Å². The highest BCUT2D eigenvalue weighted by molar-refractivity contribution is 6.00. The Morgan fingerprint density at radius 1 is 0.972 bits per heavy atom. The lowest BCUT2D eigenvalue weighted by Crippen LogP contribution is -2.26. The Morgan fingerprint density at radius 3 is 2.50 bits per heavy atom. The van der Waals surface area contributed by atoms with E-state index in [1.54, 1.807) is 37.0 Å². The number of hydrogen-bond donors (Lipinski definition) is 0. The van der Waals surface area contributed by atoms with Crippen molar-refractivity contribution in [2.45, 2.75) is 6.54 Å². The predicted molar refractivity (Wildman–Crippen MR) is 135 cm³/mol. The Morgan fingerprint density at radius 2 is 1.75 bits per heavy atom. The second-order valence-corrected chi connectivity index (χ2v) is 8.38. The molecule has 0 N–H and O–H groups in total. The van der Waals surface area contributed by atoms with Crippen LogP contribution in [0.4, 0.5) is 0 Å². The van der Waals surface area contributed by atoms with Gasteiger partial charge in [0.2, 0.25) is 0 Å². The number of aromatic nitrogens is 2. The fourth-order valence-electron chi connectivity index (χ4n) is 4.18. The average Bonchev–Trinajstić information content (AvgIpc) is 3.38. The van der Waals surface area contributed by atoms with Gasteiger partial charge >= 0.3 is 0 Å². The average molecular weight is 486 g/mol. The minimum Gasteiger partial charge on any atom is -0.497 e. The SMILES string of the molecule is COc1ccc(OC)c(-c2nn(-c3ccccc3)cc2C(=O)N(C)Cc2ccc3c(c2)OCCO3)c1. The molecule has 4 aromatic rings. The number of benzene rings is 3. The summed E-state index contributed by atoms with van der Waals surface area (Å²) in [5.74, 6) is 2.47. The molecule has 2 heterocycles. The number of para-hydroxylation sites is 1. The minimum absolute atomic E-state index is 0.174. The lowest BCUT2D eigenvalue weighted by molar-refractivity contribution is 0.0785. The van der Waals surface area contributed by atoms with E-state index in [2.05, 4.69) is 0 Å². The van der Waals surface area contributed by atoms with Crippen LogP contribution < -0.4 is 18.9 Å². The summed E-state index contributed by atoms with van der Waals surface area (Å²) < 4.78 is 24.1. The first-order valence-corrected chi connectivity index (χ1v) is 11.6. The Balaban J connectivity index is 1.53. The van der Waals surface area contributed by atoms with Crippen molar-refractivity contribution in [3.63, 3.8) is 0 Å². The second kappa shape index (κ2) is 10.0. The van der Waals surface area contributed by atoms with Gasteiger partial charge in [-0.25, -0.2) is 4.68 Å². The first-order valence-electron chi connectivity index (χ1n) is 11.6. The van der Waals surface area contributed by atoms with Crippen molar-refractivity contribution in [1.29, 1.82) is 0 Å². The summed E-state index contributed by atoms with van der Waals surface area (Å²) in [5.41, 5.74) is 3.40. The van der Waals surface area contributed by atoms with Gasteiger partial charge in [-0.05, 0) is 48.0 Å². The van der Waals surface area contributed by atoms with E-state index in [0.717, 1.165) is 17.0 Å². The first-order chi connectivity index (χ1) is 17.6. The van der Waals surface area contributed by atoms with Crippen molar-refractivity contribution in [2.24, 2.45) is 0 Å². The van der Waals surface area contributed by atoms with Crippen LogP contribution in [0.2, 0.25) is 0 Å². The number of ether oxygens (including phenoxy) is 4. The Labute approximate surface area is 209 Å². The third-order valence-electron chi connectivity index (χ3n) is 6.00. The molecule has 0 unspecified atom stereocenters. The zero-order valence-corrected chi connectivity index (χ0v) is 20.4. The highest BCUT2D eigenvalue weighted by Crippen LogP contribution is 2.36. The van der Waals surface area contributed by atoms with Crippen molar-refractivity contribution in [1.82, 2.24) is 14.7 Å². The van der Waals surface area contributed by atoms with Crippen LogP contribution >= 0.6 is 0 Å². The number of hydrogen-bond acceptors (Lipinski definition) is 6. The zero-order chi connectivity index (χ0) is 25.1. The van der Waals surface area contributed by atoms with Gasteiger partial charge in [-0.3, -0.25) is 4.79 Å². The van der Waals surface area contributed by atoms with Crippen molar-refractivity contribution in [2.75, 3.05) is 34.5 Å². The van der Waals surface area contributed by atoms with Crippen LogP contribution in [0.25, 0.3) is 16.9 Å². The largest absolute Gasteiger partial charge is 0.497 e. The van der Waals surface area contributed by atoms with Crippen LogP contribution in [-0.2, 0) is 6.54 Å². The van der Waals surface area contributed by atoms with Gasteiger partial charge in [0.1, 0.15) is 30.4 Å². The van der Waals surface area contributed by atoms with E-state index >= 15 is 0 Å². The Hall–Kier alpha value is -4.46. The molecule has 3 aromatic carbocycles. The van der Waals surface area contributed by atoms with Crippen LogP contribution in [0.1, 0.15) is 15.9 Å². The first kappa shape index (κ1) is 23.3. The van der Waals surface area contributed by atoms with E-state index in [1.165, 1.54) is 0 Å². The number of fused-ring (bicyclic) bond motifs is 1. The molecule has 8 heteroatoms. The molecule has 1 aromatic heterocycles. The molecule has 0 spiro atoms. The van der Waals surface area contributed by atoms with E-state index < -0.39 is 0 Å². The molecule has 1 aliphatic rings. The van der Waals surface area contributed by atoms with Crippen LogP contribution in [0.5, 0.6) is 23.0 Å². The topological polar surface area (TPSA) is 75.1 Å². The monoisotopic (exact) mass is 485 g/mol. The zero-order valence-electron chi connectivity index (χ0n) is 20.4. The number of amides is 1. The van der Waals surface area contributed by atoms with Crippen LogP contribution in [-0.4, -0.2) is 55.1 Å². The van der Waals surface area contributed by atoms with Crippen molar-refractivity contribution in [3.05, 3.63) is 84.1 Å². The molecule has 0 bridgehead atoms. The summed E-state index contributed by atoms with van der Waals surface area (Å²) in [7, 11) is 4.96. The quantitative estimate of drug-likeness (QED) is 0.381. The lowest BCUT2D eigenvalue weighted by atomic mass is 10.1. The number of nitrogens with zero attached hydrogens (tertiary/aromatic N) is 3. The molecule has 0 radical (unpaired) electrons. The molecule has 36 heavy (non-hydrogen) atoms.